The first-order chi connectivity index (χ1) is 9.74. The zero-order valence-electron chi connectivity index (χ0n) is 11.4. The van der Waals surface area contributed by atoms with Crippen molar-refractivity contribution in [3.05, 3.63) is 40.5 Å². The van der Waals surface area contributed by atoms with Crippen molar-refractivity contribution >= 4 is 11.6 Å². The van der Waals surface area contributed by atoms with Crippen molar-refractivity contribution in [3.8, 4) is 5.75 Å². The predicted molar refractivity (Wildman–Crippen MR) is 76.8 cm³/mol. The highest BCUT2D eigenvalue weighted by Crippen LogP contribution is 2.29. The predicted octanol–water partition coefficient (Wildman–Crippen LogP) is 2.76. The summed E-state index contributed by atoms with van der Waals surface area (Å²) in [5.41, 5.74) is 6.56. The fourth-order valence-electron chi connectivity index (χ4n) is 1.88. The molecule has 6 heteroatoms. The third-order valence-electron chi connectivity index (χ3n) is 2.79. The Labute approximate surface area is 123 Å². The van der Waals surface area contributed by atoms with Gasteiger partial charge in [-0.2, -0.15) is 4.98 Å². The number of hydrogen-bond acceptors (Lipinski definition) is 5. The van der Waals surface area contributed by atoms with E-state index in [2.05, 4.69) is 17.1 Å². The average Bonchev–Trinajstić information content (AvgIpc) is 2.87. The van der Waals surface area contributed by atoms with E-state index in [1.807, 2.05) is 12.1 Å². The summed E-state index contributed by atoms with van der Waals surface area (Å²) < 4.78 is 10.8. The first-order valence-corrected chi connectivity index (χ1v) is 7.04. The molecule has 0 fully saturated rings. The van der Waals surface area contributed by atoms with Gasteiger partial charge in [-0.05, 0) is 31.0 Å². The van der Waals surface area contributed by atoms with Crippen LogP contribution in [0.5, 0.6) is 5.75 Å². The van der Waals surface area contributed by atoms with Crippen LogP contribution in [0, 0.1) is 0 Å². The maximum atomic E-state index is 6.15. The minimum Gasteiger partial charge on any atom is -0.482 e. The van der Waals surface area contributed by atoms with Gasteiger partial charge in [0.05, 0.1) is 5.02 Å². The Morgan fingerprint density at radius 2 is 2.20 bits per heavy atom. The Hall–Kier alpha value is -1.59. The maximum absolute atomic E-state index is 6.15. The quantitative estimate of drug-likeness (QED) is 0.850. The van der Waals surface area contributed by atoms with Crippen LogP contribution in [0.25, 0.3) is 0 Å². The SMILES string of the molecule is CCCc1noc(COc2c(Cl)cccc2CCN)n1. The first-order valence-electron chi connectivity index (χ1n) is 6.66. The monoisotopic (exact) mass is 295 g/mol. The summed E-state index contributed by atoms with van der Waals surface area (Å²) in [6, 6.07) is 5.61. The van der Waals surface area contributed by atoms with E-state index in [-0.39, 0.29) is 6.61 Å². The zero-order valence-corrected chi connectivity index (χ0v) is 12.2. The van der Waals surface area contributed by atoms with Gasteiger partial charge in [-0.1, -0.05) is 35.8 Å². The Morgan fingerprint density at radius 1 is 1.35 bits per heavy atom. The molecular weight excluding hydrogens is 278 g/mol. The summed E-state index contributed by atoms with van der Waals surface area (Å²) in [7, 11) is 0. The molecule has 2 rings (SSSR count). The van der Waals surface area contributed by atoms with E-state index in [1.165, 1.54) is 0 Å². The topological polar surface area (TPSA) is 74.2 Å². The summed E-state index contributed by atoms with van der Waals surface area (Å²) in [5, 5.41) is 4.44. The lowest BCUT2D eigenvalue weighted by atomic mass is 10.1. The van der Waals surface area contributed by atoms with Crippen LogP contribution < -0.4 is 10.5 Å². The summed E-state index contributed by atoms with van der Waals surface area (Å²) in [5.74, 6) is 1.79. The molecule has 0 aliphatic carbocycles. The van der Waals surface area contributed by atoms with Gasteiger partial charge in [-0.15, -0.1) is 0 Å². The molecule has 2 aromatic rings. The van der Waals surface area contributed by atoms with Crippen molar-refractivity contribution in [1.29, 1.82) is 0 Å². The van der Waals surface area contributed by atoms with Crippen molar-refractivity contribution < 1.29 is 9.26 Å². The number of ether oxygens (including phenoxy) is 1. The van der Waals surface area contributed by atoms with Crippen LogP contribution in [-0.2, 0) is 19.4 Å². The standard InChI is InChI=1S/C14H18ClN3O2/c1-2-4-12-17-13(20-18-12)9-19-14-10(7-8-16)5-3-6-11(14)15/h3,5-6H,2,4,7-9,16H2,1H3. The average molecular weight is 296 g/mol. The van der Waals surface area contributed by atoms with E-state index in [9.17, 15) is 0 Å². The van der Waals surface area contributed by atoms with Gasteiger partial charge in [0.2, 0.25) is 0 Å². The molecule has 0 bridgehead atoms. The van der Waals surface area contributed by atoms with Gasteiger partial charge >= 0.3 is 0 Å². The second-order valence-electron chi connectivity index (χ2n) is 4.41. The van der Waals surface area contributed by atoms with Crippen LogP contribution in [0.4, 0.5) is 0 Å². The Kier molecular flexibility index (Phi) is 5.38. The van der Waals surface area contributed by atoms with Crippen LogP contribution in [0.1, 0.15) is 30.6 Å². The molecule has 108 valence electrons. The smallest absolute Gasteiger partial charge is 0.264 e. The Bertz CT molecular complexity index is 557. The zero-order chi connectivity index (χ0) is 14.4. The lowest BCUT2D eigenvalue weighted by Gasteiger charge is -2.11. The molecule has 0 aliphatic rings. The molecule has 0 atom stereocenters. The molecule has 0 spiro atoms. The normalized spacial score (nSPS) is 10.8. The number of aromatic nitrogens is 2. The second kappa shape index (κ2) is 7.26. The van der Waals surface area contributed by atoms with Crippen LogP contribution in [-0.4, -0.2) is 16.7 Å². The fourth-order valence-corrected chi connectivity index (χ4v) is 2.12. The highest BCUT2D eigenvalue weighted by atomic mass is 35.5. The maximum Gasteiger partial charge on any atom is 0.264 e. The van der Waals surface area contributed by atoms with Crippen molar-refractivity contribution in [2.24, 2.45) is 5.73 Å². The highest BCUT2D eigenvalue weighted by Gasteiger charge is 2.11. The first kappa shape index (κ1) is 14.8. The van der Waals surface area contributed by atoms with Gasteiger partial charge in [0.1, 0.15) is 5.75 Å². The molecule has 20 heavy (non-hydrogen) atoms. The molecule has 0 saturated heterocycles. The van der Waals surface area contributed by atoms with Crippen molar-refractivity contribution in [3.63, 3.8) is 0 Å². The van der Waals surface area contributed by atoms with Crippen LogP contribution in [0.3, 0.4) is 0 Å². The minimum absolute atomic E-state index is 0.206. The van der Waals surface area contributed by atoms with E-state index < -0.39 is 0 Å². The van der Waals surface area contributed by atoms with E-state index in [0.717, 1.165) is 18.4 Å². The highest BCUT2D eigenvalue weighted by molar-refractivity contribution is 6.32. The lowest BCUT2D eigenvalue weighted by molar-refractivity contribution is 0.241. The molecule has 0 aliphatic heterocycles. The molecule has 5 nitrogen and oxygen atoms in total. The van der Waals surface area contributed by atoms with Gasteiger partial charge in [-0.25, -0.2) is 0 Å². The van der Waals surface area contributed by atoms with Crippen LogP contribution in [0.2, 0.25) is 5.02 Å². The molecule has 0 unspecified atom stereocenters. The van der Waals surface area contributed by atoms with Gasteiger partial charge < -0.3 is 15.0 Å². The van der Waals surface area contributed by atoms with Crippen LogP contribution in [0.15, 0.2) is 22.7 Å². The third-order valence-corrected chi connectivity index (χ3v) is 3.08. The summed E-state index contributed by atoms with van der Waals surface area (Å²) in [6.07, 6.45) is 2.49. The molecule has 0 radical (unpaired) electrons. The lowest BCUT2D eigenvalue weighted by Crippen LogP contribution is -2.06. The van der Waals surface area contributed by atoms with Crippen molar-refractivity contribution in [1.82, 2.24) is 10.1 Å². The van der Waals surface area contributed by atoms with E-state index in [0.29, 0.717) is 35.5 Å². The molecule has 1 heterocycles. The molecule has 1 aromatic heterocycles. The van der Waals surface area contributed by atoms with E-state index >= 15 is 0 Å². The Morgan fingerprint density at radius 3 is 2.95 bits per heavy atom. The number of benzene rings is 1. The molecule has 0 saturated carbocycles. The largest absolute Gasteiger partial charge is 0.482 e. The third kappa shape index (κ3) is 3.71. The fraction of sp³-hybridized carbons (Fsp3) is 0.429. The molecule has 0 amide bonds. The molecule has 2 N–H and O–H groups in total. The minimum atomic E-state index is 0.206. The van der Waals surface area contributed by atoms with Gasteiger partial charge in [0.25, 0.3) is 5.89 Å². The summed E-state index contributed by atoms with van der Waals surface area (Å²) >= 11 is 6.15. The van der Waals surface area contributed by atoms with Gasteiger partial charge in [0.15, 0.2) is 12.4 Å². The Balaban J connectivity index is 2.05. The van der Waals surface area contributed by atoms with Gasteiger partial charge in [0, 0.05) is 6.42 Å². The van der Waals surface area contributed by atoms with E-state index in [4.69, 9.17) is 26.6 Å². The number of halogens is 1. The number of rotatable bonds is 7. The van der Waals surface area contributed by atoms with Crippen LogP contribution >= 0.6 is 11.6 Å². The van der Waals surface area contributed by atoms with Crippen molar-refractivity contribution in [2.45, 2.75) is 32.8 Å². The van der Waals surface area contributed by atoms with E-state index in [1.54, 1.807) is 6.07 Å². The van der Waals surface area contributed by atoms with Crippen molar-refractivity contribution in [2.75, 3.05) is 6.54 Å². The number of nitrogens with zero attached hydrogens (tertiary/aromatic N) is 2. The summed E-state index contributed by atoms with van der Waals surface area (Å²) in [4.78, 5) is 4.25. The number of aryl methyl sites for hydroxylation is 1. The second-order valence-corrected chi connectivity index (χ2v) is 4.82. The molecule has 1 aromatic carbocycles. The summed E-state index contributed by atoms with van der Waals surface area (Å²) in [6.45, 7) is 2.81. The molecular formula is C14H18ClN3O2. The number of nitrogens with two attached hydrogens (primary N) is 1. The number of para-hydroxylation sites is 1. The number of hydrogen-bond donors (Lipinski definition) is 1. The van der Waals surface area contributed by atoms with Gasteiger partial charge in [-0.3, -0.25) is 0 Å².